The van der Waals surface area contributed by atoms with Crippen LogP contribution in [0.2, 0.25) is 19.6 Å². The van der Waals surface area contributed by atoms with E-state index in [1.54, 1.807) is 23.8 Å². The highest BCUT2D eigenvalue weighted by Crippen LogP contribution is 2.37. The molecule has 1 aromatic heterocycles. The second-order valence-electron chi connectivity index (χ2n) is 21.8. The summed E-state index contributed by atoms with van der Waals surface area (Å²) in [6.07, 6.45) is 4.32. The molecule has 0 aliphatic heterocycles. The molecule has 2 atom stereocenters. The minimum absolute atomic E-state index is 0.00156. The van der Waals surface area contributed by atoms with E-state index in [0.29, 0.717) is 35.6 Å². The van der Waals surface area contributed by atoms with Gasteiger partial charge in [-0.3, -0.25) is 14.4 Å². The number of hydrogen-bond acceptors (Lipinski definition) is 10. The lowest BCUT2D eigenvalue weighted by molar-refractivity contribution is -0.150. The van der Waals surface area contributed by atoms with E-state index in [-0.39, 0.29) is 22.8 Å². The van der Waals surface area contributed by atoms with E-state index in [1.165, 1.54) is 20.9 Å². The number of aryl methyl sites for hydroxylation is 11. The van der Waals surface area contributed by atoms with Crippen molar-refractivity contribution in [2.45, 2.75) is 170 Å². The number of hydrogen-bond donors (Lipinski definition) is 3. The average molecular weight is 1200 g/mol. The fraction of sp³-hybridized carbons (Fsp3) is 0.391. The lowest BCUT2D eigenvalue weighted by atomic mass is 9.86. The first-order chi connectivity index (χ1) is 39.1. The minimum atomic E-state index is -1.51. The number of aromatic hydroxyl groups is 1. The molecular formula is C69H87ClO10S2Si. The van der Waals surface area contributed by atoms with Crippen LogP contribution in [0.15, 0.2) is 122 Å². The zero-order valence-electron chi connectivity index (χ0n) is 51.7. The minimum Gasteiger partial charge on any atom is -0.548 e. The molecule has 446 valence electrons. The Morgan fingerprint density at radius 1 is 0.614 bits per heavy atom. The molecule has 6 aromatic rings. The zero-order valence-corrected chi connectivity index (χ0v) is 55.0. The maximum atomic E-state index is 13.0. The van der Waals surface area contributed by atoms with Gasteiger partial charge in [0.1, 0.15) is 28.6 Å². The molecule has 3 N–H and O–H groups in total. The van der Waals surface area contributed by atoms with Gasteiger partial charge in [-0.2, -0.15) is 0 Å². The number of carbonyl (C=O) groups excluding carboxylic acids is 2. The summed E-state index contributed by atoms with van der Waals surface area (Å²) in [6, 6.07) is 30.5. The molecule has 0 radical (unpaired) electrons. The van der Waals surface area contributed by atoms with Gasteiger partial charge in [-0.15, -0.1) is 23.5 Å². The van der Waals surface area contributed by atoms with Crippen molar-refractivity contribution in [2.75, 3.05) is 11.5 Å². The Morgan fingerprint density at radius 3 is 1.35 bits per heavy atom. The van der Waals surface area contributed by atoms with Crippen LogP contribution < -0.4 is 5.63 Å². The monoisotopic (exact) mass is 1200 g/mol. The van der Waals surface area contributed by atoms with Gasteiger partial charge in [0.05, 0.1) is 5.76 Å². The summed E-state index contributed by atoms with van der Waals surface area (Å²) in [6.45, 7) is 36.9. The van der Waals surface area contributed by atoms with E-state index in [0.717, 1.165) is 98.6 Å². The topological polar surface area (TPSA) is 168 Å². The summed E-state index contributed by atoms with van der Waals surface area (Å²) in [4.78, 5) is 60.0. The number of benzene rings is 5. The number of thioether (sulfide) groups is 2. The third-order valence-corrected chi connectivity index (χ3v) is 17.3. The highest BCUT2D eigenvalue weighted by atomic mass is 35.5. The Kier molecular flexibility index (Phi) is 28.9. The van der Waals surface area contributed by atoms with E-state index in [1.807, 2.05) is 84.5 Å². The maximum absolute atomic E-state index is 13.0. The molecular weight excluding hydrogens is 1120 g/mol. The van der Waals surface area contributed by atoms with Gasteiger partial charge in [-0.25, -0.2) is 9.59 Å². The van der Waals surface area contributed by atoms with Crippen LogP contribution in [0, 0.1) is 40.5 Å². The van der Waals surface area contributed by atoms with Gasteiger partial charge in [-0.1, -0.05) is 150 Å². The molecule has 5 aromatic carbocycles. The standard InChI is InChI=1S/C26H30O3S.C15H24OSSi.C14H15ClO2.C14H18O4/c1-6-19-12-17(4)13-20(7-2)24(19)25-22(27)14-23(29-26(25)28)18(5)15-30-21-10-8-16(3)9-11-21;1-12-7-9-15(10-8-12)17-11-13(2)14(3)16-18(4,5)6;1-4-10-6-9(3)7-11(5-2)13(10)12(8-16)14(15)17;1-4-9-6-8(3)7-10(5-2)11(9)12(13(15)16)14(17)18/h8-14,18,27H,6-7,15H2,1-5H3;7-10,13H,3,11H2,1-2,4-6H3;6-7H,4-5H2,1-3H3;6-7,12H,4-5H2,1-3H3,(H,15,16)(H,17,18). The van der Waals surface area contributed by atoms with Crippen molar-refractivity contribution in [1.29, 1.82) is 0 Å². The number of halogens is 1. The van der Waals surface area contributed by atoms with Gasteiger partial charge in [-0.05, 0) is 173 Å². The molecule has 0 aliphatic carbocycles. The number of carboxylic acids is 2. The molecule has 10 nitrogen and oxygen atoms in total. The van der Waals surface area contributed by atoms with E-state index >= 15 is 0 Å². The summed E-state index contributed by atoms with van der Waals surface area (Å²) in [5.74, 6) is 1.20. The van der Waals surface area contributed by atoms with E-state index in [2.05, 4.69) is 128 Å². The smallest absolute Gasteiger partial charge is 0.347 e. The Balaban J connectivity index is 0.000000301. The predicted molar refractivity (Wildman–Crippen MR) is 348 cm³/mol. The highest BCUT2D eigenvalue weighted by Gasteiger charge is 2.32. The predicted octanol–water partition coefficient (Wildman–Crippen LogP) is 17.2. The molecule has 6 rings (SSSR count). The first kappa shape index (κ1) is 70.9. The second kappa shape index (κ2) is 33.8. The first-order valence-corrected chi connectivity index (χ1v) is 34.3. The molecule has 14 heteroatoms. The normalized spacial score (nSPS) is 11.6. The maximum Gasteiger partial charge on any atom is 0.347 e. The summed E-state index contributed by atoms with van der Waals surface area (Å²) >= 11 is 9.02. The van der Waals surface area contributed by atoms with Crippen LogP contribution in [-0.2, 0) is 62.1 Å². The first-order valence-electron chi connectivity index (χ1n) is 28.5. The highest BCUT2D eigenvalue weighted by molar-refractivity contribution is 7.99. The molecule has 0 spiro atoms. The van der Waals surface area contributed by atoms with Crippen molar-refractivity contribution >= 4 is 72.1 Å². The number of carboxylic acid groups (broad SMARTS) is 2. The van der Waals surface area contributed by atoms with Gasteiger partial charge >= 0.3 is 17.6 Å². The molecule has 0 fully saturated rings. The van der Waals surface area contributed by atoms with Crippen LogP contribution in [0.3, 0.4) is 0 Å². The van der Waals surface area contributed by atoms with Crippen molar-refractivity contribution in [3.63, 3.8) is 0 Å². The van der Waals surface area contributed by atoms with Crippen LogP contribution in [0.5, 0.6) is 5.75 Å². The Bertz CT molecular complexity index is 3210. The molecule has 0 amide bonds. The number of aliphatic carboxylic acids is 2. The van der Waals surface area contributed by atoms with Gasteiger partial charge in [0.15, 0.2) is 5.92 Å². The van der Waals surface area contributed by atoms with Gasteiger partial charge in [0, 0.05) is 44.8 Å². The van der Waals surface area contributed by atoms with Gasteiger partial charge in [0.2, 0.25) is 8.32 Å². The van der Waals surface area contributed by atoms with Crippen molar-refractivity contribution in [1.82, 2.24) is 0 Å². The largest absolute Gasteiger partial charge is 0.548 e. The lowest BCUT2D eigenvalue weighted by Crippen LogP contribution is -2.26. The van der Waals surface area contributed by atoms with Crippen molar-refractivity contribution < 1.29 is 43.3 Å². The van der Waals surface area contributed by atoms with E-state index < -0.39 is 37.0 Å². The van der Waals surface area contributed by atoms with Crippen molar-refractivity contribution in [2.24, 2.45) is 5.92 Å². The van der Waals surface area contributed by atoms with Crippen LogP contribution in [0.25, 0.3) is 16.7 Å². The quantitative estimate of drug-likeness (QED) is 0.0112. The molecule has 0 bridgehead atoms. The number of rotatable bonds is 22. The van der Waals surface area contributed by atoms with Crippen LogP contribution in [0.1, 0.15) is 145 Å². The zero-order chi connectivity index (χ0) is 62.5. The summed E-state index contributed by atoms with van der Waals surface area (Å²) in [7, 11) is -1.51. The average Bonchev–Trinajstić information content (AvgIpc) is 3.62. The Hall–Kier alpha value is -6.34. The third-order valence-electron chi connectivity index (χ3n) is 13.7. The Morgan fingerprint density at radius 2 is 1.00 bits per heavy atom. The van der Waals surface area contributed by atoms with Crippen LogP contribution >= 0.6 is 35.1 Å². The SMILES string of the molecule is C=C(O[Si](C)(C)C)C(C)CSc1ccc(C)cc1.CCc1cc(C)cc(CC)c1-c1c(O)cc(C(C)CSc2ccc(C)cc2)oc1=O.CCc1cc(C)cc(CC)c1C(=C=O)C(=O)Cl.CCc1cc(C)cc(CC)c1C(C(=O)O)C(=O)O. The second-order valence-corrected chi connectivity index (χ2v) is 28.8. The molecule has 83 heavy (non-hydrogen) atoms. The van der Waals surface area contributed by atoms with Crippen molar-refractivity contribution in [3.8, 4) is 16.9 Å². The van der Waals surface area contributed by atoms with Crippen LogP contribution in [0.4, 0.5) is 0 Å². The molecule has 0 aliphatic rings. The molecule has 0 saturated heterocycles. The van der Waals surface area contributed by atoms with E-state index in [4.69, 9.17) is 30.7 Å². The summed E-state index contributed by atoms with van der Waals surface area (Å²) < 4.78 is 11.7. The molecule has 2 unspecified atom stereocenters. The van der Waals surface area contributed by atoms with Crippen molar-refractivity contribution in [3.05, 3.63) is 192 Å². The number of allylic oxidation sites excluding steroid dienone is 2. The van der Waals surface area contributed by atoms with Gasteiger partial charge < -0.3 is 24.2 Å². The molecule has 1 heterocycles. The summed E-state index contributed by atoms with van der Waals surface area (Å²) in [5, 5.41) is 28.3. The summed E-state index contributed by atoms with van der Waals surface area (Å²) in [5.41, 5.74) is 13.2. The van der Waals surface area contributed by atoms with Crippen LogP contribution in [-0.4, -0.2) is 58.3 Å². The number of carbonyl (C=O) groups is 3. The molecule has 0 saturated carbocycles. The fourth-order valence-corrected chi connectivity index (χ4v) is 12.5. The Labute approximate surface area is 508 Å². The van der Waals surface area contributed by atoms with E-state index in [9.17, 15) is 29.1 Å². The fourth-order valence-electron chi connectivity index (χ4n) is 9.44. The third kappa shape index (κ3) is 21.3. The lowest BCUT2D eigenvalue weighted by Gasteiger charge is -2.24. The van der Waals surface area contributed by atoms with Gasteiger partial charge in [0.25, 0.3) is 5.24 Å².